The van der Waals surface area contributed by atoms with Gasteiger partial charge in [0.1, 0.15) is 0 Å². The lowest BCUT2D eigenvalue weighted by atomic mass is 9.95. The summed E-state index contributed by atoms with van der Waals surface area (Å²) < 4.78 is 2.96. The Bertz CT molecular complexity index is 643. The quantitative estimate of drug-likeness (QED) is 0.452. The first-order valence-corrected chi connectivity index (χ1v) is 8.00. The number of benzene rings is 2. The van der Waals surface area contributed by atoms with Crippen LogP contribution in [0.15, 0.2) is 56.9 Å². The number of halogens is 3. The summed E-state index contributed by atoms with van der Waals surface area (Å²) in [6.07, 6.45) is 3.70. The van der Waals surface area contributed by atoms with E-state index in [1.165, 1.54) is 0 Å². The first-order chi connectivity index (χ1) is 9.11. The Balaban J connectivity index is 2.91. The molecule has 0 saturated carbocycles. The highest BCUT2D eigenvalue weighted by Gasteiger charge is 2.18. The molecule has 0 heterocycles. The summed E-state index contributed by atoms with van der Waals surface area (Å²) in [6.45, 7) is 7.82. The molecule has 0 unspecified atom stereocenters. The lowest BCUT2D eigenvalue weighted by Gasteiger charge is -2.16. The Hall–Kier alpha value is -0.640. The van der Waals surface area contributed by atoms with E-state index >= 15 is 0 Å². The summed E-state index contributed by atoms with van der Waals surface area (Å²) in [6, 6.07) is 10.2. The fourth-order valence-corrected chi connectivity index (χ4v) is 3.89. The van der Waals surface area contributed by atoms with E-state index in [0.29, 0.717) is 0 Å². The summed E-state index contributed by atoms with van der Waals surface area (Å²) in [7, 11) is 0. The lowest BCUT2D eigenvalue weighted by molar-refractivity contribution is 1.46. The lowest BCUT2D eigenvalue weighted by Crippen LogP contribution is -1.93. The molecule has 2 aromatic rings. The number of hydrogen-bond acceptors (Lipinski definition) is 0. The van der Waals surface area contributed by atoms with Crippen LogP contribution in [0.4, 0.5) is 0 Å². The molecule has 0 radical (unpaired) electrons. The summed E-state index contributed by atoms with van der Waals surface area (Å²) in [5, 5.41) is 0. The second-order valence-electron chi connectivity index (χ2n) is 3.92. The van der Waals surface area contributed by atoms with Crippen LogP contribution in [0.1, 0.15) is 11.1 Å². The third-order valence-electron chi connectivity index (χ3n) is 2.87. The molecular weight excluding hydrogens is 432 g/mol. The van der Waals surface area contributed by atoms with Gasteiger partial charge < -0.3 is 0 Å². The van der Waals surface area contributed by atoms with Gasteiger partial charge in [0.2, 0.25) is 0 Å². The highest BCUT2D eigenvalue weighted by Crippen LogP contribution is 2.44. The molecular formula is C16H11Br3. The van der Waals surface area contributed by atoms with E-state index < -0.39 is 0 Å². The van der Waals surface area contributed by atoms with Crippen molar-refractivity contribution in [3.63, 3.8) is 0 Å². The van der Waals surface area contributed by atoms with Crippen molar-refractivity contribution in [1.29, 1.82) is 0 Å². The van der Waals surface area contributed by atoms with E-state index in [1.807, 2.05) is 30.4 Å². The topological polar surface area (TPSA) is 0 Å². The number of hydrogen-bond donors (Lipinski definition) is 0. The van der Waals surface area contributed by atoms with Crippen LogP contribution in [0.3, 0.4) is 0 Å². The molecule has 0 spiro atoms. The van der Waals surface area contributed by atoms with Crippen molar-refractivity contribution >= 4 is 59.9 Å². The SMILES string of the molecule is C=Cc1c(Br)c(Br)c(Br)c(-c2ccccc2)c1C=C. The molecule has 0 fully saturated rings. The molecule has 0 atom stereocenters. The molecule has 96 valence electrons. The van der Waals surface area contributed by atoms with Gasteiger partial charge in [0, 0.05) is 19.0 Å². The zero-order valence-electron chi connectivity index (χ0n) is 10.1. The van der Waals surface area contributed by atoms with Crippen molar-refractivity contribution in [1.82, 2.24) is 0 Å². The second kappa shape index (κ2) is 6.21. The maximum atomic E-state index is 3.93. The fourth-order valence-electron chi connectivity index (χ4n) is 1.99. The van der Waals surface area contributed by atoms with E-state index in [1.54, 1.807) is 0 Å². The Kier molecular flexibility index (Phi) is 4.82. The Morgan fingerprint density at radius 2 is 1.32 bits per heavy atom. The van der Waals surface area contributed by atoms with Crippen LogP contribution in [0, 0.1) is 0 Å². The average Bonchev–Trinajstić information content (AvgIpc) is 2.45. The molecule has 0 N–H and O–H groups in total. The molecule has 0 aliphatic heterocycles. The van der Waals surface area contributed by atoms with Gasteiger partial charge in [0.05, 0.1) is 0 Å². The molecule has 0 bridgehead atoms. The summed E-state index contributed by atoms with van der Waals surface area (Å²) >= 11 is 10.9. The smallest absolute Gasteiger partial charge is 0.0472 e. The van der Waals surface area contributed by atoms with E-state index in [4.69, 9.17) is 0 Å². The van der Waals surface area contributed by atoms with Crippen LogP contribution in [0.25, 0.3) is 23.3 Å². The van der Waals surface area contributed by atoms with Crippen molar-refractivity contribution < 1.29 is 0 Å². The molecule has 0 aliphatic carbocycles. The molecule has 0 aliphatic rings. The Morgan fingerprint density at radius 3 is 1.84 bits per heavy atom. The zero-order chi connectivity index (χ0) is 14.0. The molecule has 19 heavy (non-hydrogen) atoms. The molecule has 0 saturated heterocycles. The summed E-state index contributed by atoms with van der Waals surface area (Å²) in [5.41, 5.74) is 4.34. The van der Waals surface area contributed by atoms with Crippen molar-refractivity contribution in [2.45, 2.75) is 0 Å². The maximum Gasteiger partial charge on any atom is 0.0472 e. The van der Waals surface area contributed by atoms with Crippen LogP contribution in [0.2, 0.25) is 0 Å². The third kappa shape index (κ3) is 2.64. The van der Waals surface area contributed by atoms with Gasteiger partial charge in [-0.1, -0.05) is 55.6 Å². The van der Waals surface area contributed by atoms with Gasteiger partial charge in [-0.25, -0.2) is 0 Å². The standard InChI is InChI=1S/C16H11Br3/c1-3-11-12(4-2)14(17)16(19)15(18)13(11)10-8-6-5-7-9-10/h3-9H,1-2H2. The first-order valence-electron chi connectivity index (χ1n) is 5.62. The predicted molar refractivity (Wildman–Crippen MR) is 95.2 cm³/mol. The zero-order valence-corrected chi connectivity index (χ0v) is 14.8. The minimum Gasteiger partial charge on any atom is -0.0984 e. The van der Waals surface area contributed by atoms with Gasteiger partial charge in [-0.2, -0.15) is 0 Å². The van der Waals surface area contributed by atoms with Crippen molar-refractivity contribution in [3.8, 4) is 11.1 Å². The fraction of sp³-hybridized carbons (Fsp3) is 0. The summed E-state index contributed by atoms with van der Waals surface area (Å²) in [5.74, 6) is 0. The molecule has 0 aromatic heterocycles. The van der Waals surface area contributed by atoms with E-state index in [2.05, 4.69) is 73.1 Å². The van der Waals surface area contributed by atoms with E-state index in [9.17, 15) is 0 Å². The average molecular weight is 443 g/mol. The molecule has 0 nitrogen and oxygen atoms in total. The van der Waals surface area contributed by atoms with E-state index in [-0.39, 0.29) is 0 Å². The molecule has 2 rings (SSSR count). The van der Waals surface area contributed by atoms with Gasteiger partial charge in [-0.15, -0.1) is 0 Å². The van der Waals surface area contributed by atoms with Gasteiger partial charge in [0.15, 0.2) is 0 Å². The Labute approximate surface area is 138 Å². The normalized spacial score (nSPS) is 10.3. The van der Waals surface area contributed by atoms with Crippen LogP contribution in [-0.4, -0.2) is 0 Å². The highest BCUT2D eigenvalue weighted by atomic mass is 79.9. The van der Waals surface area contributed by atoms with Gasteiger partial charge >= 0.3 is 0 Å². The largest absolute Gasteiger partial charge is 0.0984 e. The summed E-state index contributed by atoms with van der Waals surface area (Å²) in [4.78, 5) is 0. The van der Waals surface area contributed by atoms with Crippen molar-refractivity contribution in [2.24, 2.45) is 0 Å². The third-order valence-corrected chi connectivity index (χ3v) is 6.35. The van der Waals surface area contributed by atoms with Gasteiger partial charge in [-0.05, 0) is 64.5 Å². The maximum absolute atomic E-state index is 3.93. The minimum atomic E-state index is 0.976. The van der Waals surface area contributed by atoms with Gasteiger partial charge in [-0.3, -0.25) is 0 Å². The molecule has 0 amide bonds. The molecule has 2 aromatic carbocycles. The first kappa shape index (κ1) is 14.8. The predicted octanol–water partition coefficient (Wildman–Crippen LogP) is 6.93. The Morgan fingerprint density at radius 1 is 0.737 bits per heavy atom. The highest BCUT2D eigenvalue weighted by molar-refractivity contribution is 9.14. The van der Waals surface area contributed by atoms with Crippen molar-refractivity contribution in [2.75, 3.05) is 0 Å². The van der Waals surface area contributed by atoms with Gasteiger partial charge in [0.25, 0.3) is 0 Å². The molecule has 3 heteroatoms. The monoisotopic (exact) mass is 440 g/mol. The van der Waals surface area contributed by atoms with Crippen LogP contribution >= 0.6 is 47.8 Å². The number of rotatable bonds is 3. The van der Waals surface area contributed by atoms with Crippen LogP contribution in [0.5, 0.6) is 0 Å². The minimum absolute atomic E-state index is 0.976. The van der Waals surface area contributed by atoms with Crippen LogP contribution in [-0.2, 0) is 0 Å². The van der Waals surface area contributed by atoms with Crippen molar-refractivity contribution in [3.05, 3.63) is 68.0 Å². The van der Waals surface area contributed by atoms with Crippen LogP contribution < -0.4 is 0 Å². The van der Waals surface area contributed by atoms with E-state index in [0.717, 1.165) is 35.7 Å². The second-order valence-corrected chi connectivity index (χ2v) is 6.30.